The van der Waals surface area contributed by atoms with E-state index in [0.717, 1.165) is 11.3 Å². The van der Waals surface area contributed by atoms with Gasteiger partial charge in [0.1, 0.15) is 36.0 Å². The second-order valence-electron chi connectivity index (χ2n) is 17.3. The number of rotatable bonds is 8. The smallest absolute Gasteiger partial charge is 0.316 e. The van der Waals surface area contributed by atoms with Crippen molar-refractivity contribution in [2.24, 2.45) is 27.9 Å². The Morgan fingerprint density at radius 1 is 1.12 bits per heavy atom. The zero-order valence-corrected chi connectivity index (χ0v) is 36.9. The Kier molecular flexibility index (Phi) is 15.6. The number of carbonyl (C=O) groups is 3. The van der Waals surface area contributed by atoms with Crippen molar-refractivity contribution in [3.63, 3.8) is 0 Å². The number of aliphatic hydroxyl groups excluding tert-OH is 1. The lowest BCUT2D eigenvalue weighted by Gasteiger charge is -2.47. The first-order chi connectivity index (χ1) is 28.2. The average Bonchev–Trinajstić information content (AvgIpc) is 3.63. The van der Waals surface area contributed by atoms with Crippen LogP contribution in [-0.2, 0) is 49.5 Å². The first kappa shape index (κ1) is 47.1. The summed E-state index contributed by atoms with van der Waals surface area (Å²) in [5.74, 6) is -3.94. The molecular weight excluding hydrogens is 777 g/mol. The molecule has 17 heteroatoms. The molecule has 1 amide bonds. The number of esters is 1. The zero-order chi connectivity index (χ0) is 44.1. The van der Waals surface area contributed by atoms with E-state index in [9.17, 15) is 24.6 Å². The molecule has 12 atom stereocenters. The van der Waals surface area contributed by atoms with Crippen LogP contribution in [0.1, 0.15) is 92.3 Å². The molecule has 2 aromatic heterocycles. The van der Waals surface area contributed by atoms with E-state index in [-0.39, 0.29) is 51.2 Å². The molecule has 2 N–H and O–H groups in total. The first-order valence-electron chi connectivity index (χ1n) is 20.8. The molecule has 60 heavy (non-hydrogen) atoms. The number of aliphatic hydroxyl groups is 2. The molecule has 3 aliphatic heterocycles. The summed E-state index contributed by atoms with van der Waals surface area (Å²) in [7, 11) is 3.73. The summed E-state index contributed by atoms with van der Waals surface area (Å²) in [6.45, 7) is 14.8. The van der Waals surface area contributed by atoms with Crippen LogP contribution in [0.4, 0.5) is 0 Å². The highest BCUT2D eigenvalue weighted by Gasteiger charge is 2.51. The van der Waals surface area contributed by atoms with Gasteiger partial charge in [0.2, 0.25) is 5.91 Å². The minimum absolute atomic E-state index is 0.0259. The second-order valence-corrected chi connectivity index (χ2v) is 17.3. The van der Waals surface area contributed by atoms with Crippen molar-refractivity contribution in [3.8, 4) is 5.82 Å². The van der Waals surface area contributed by atoms with E-state index in [4.69, 9.17) is 28.5 Å². The minimum Gasteiger partial charge on any atom is -0.459 e. The molecule has 0 saturated carbocycles. The van der Waals surface area contributed by atoms with Gasteiger partial charge in [-0.2, -0.15) is 5.10 Å². The molecule has 0 radical (unpaired) electrons. The zero-order valence-electron chi connectivity index (χ0n) is 36.9. The molecule has 17 nitrogen and oxygen atoms in total. The van der Waals surface area contributed by atoms with Gasteiger partial charge in [0.15, 0.2) is 17.9 Å². The van der Waals surface area contributed by atoms with Crippen molar-refractivity contribution in [2.75, 3.05) is 27.3 Å². The van der Waals surface area contributed by atoms with E-state index in [2.05, 4.69) is 20.2 Å². The van der Waals surface area contributed by atoms with Crippen LogP contribution in [0.3, 0.4) is 0 Å². The summed E-state index contributed by atoms with van der Waals surface area (Å²) in [5, 5.41) is 32.8. The molecular formula is C43H64N6O11. The number of likely N-dealkylation sites (N-methyl/N-ethyl adjacent to an activating group) is 1. The molecule has 0 aliphatic carbocycles. The van der Waals surface area contributed by atoms with Crippen LogP contribution in [0.25, 0.3) is 5.82 Å². The third kappa shape index (κ3) is 11.1. The van der Waals surface area contributed by atoms with Crippen molar-refractivity contribution >= 4 is 29.1 Å². The molecule has 5 rings (SSSR count). The van der Waals surface area contributed by atoms with Crippen LogP contribution in [0, 0.1) is 24.7 Å². The highest BCUT2D eigenvalue weighted by molar-refractivity contribution is 6.00. The fourth-order valence-electron chi connectivity index (χ4n) is 8.40. The Morgan fingerprint density at radius 2 is 1.85 bits per heavy atom. The maximum absolute atomic E-state index is 14.5. The number of ether oxygens (including phenoxy) is 5. The van der Waals surface area contributed by atoms with E-state index >= 15 is 0 Å². The quantitative estimate of drug-likeness (QED) is 0.221. The lowest BCUT2D eigenvalue weighted by molar-refractivity contribution is -0.296. The molecule has 0 spiro atoms. The summed E-state index contributed by atoms with van der Waals surface area (Å²) >= 11 is 0. The van der Waals surface area contributed by atoms with Crippen LogP contribution in [0.5, 0.6) is 0 Å². The van der Waals surface area contributed by atoms with E-state index in [1.165, 1.54) is 20.8 Å². The Morgan fingerprint density at radius 3 is 2.47 bits per heavy atom. The molecule has 5 heterocycles. The highest BCUT2D eigenvalue weighted by atomic mass is 16.7. The van der Waals surface area contributed by atoms with Gasteiger partial charge in [-0.05, 0) is 86.0 Å². The largest absolute Gasteiger partial charge is 0.459 e. The highest BCUT2D eigenvalue weighted by Crippen LogP contribution is 2.39. The molecule has 2 aromatic rings. The minimum atomic E-state index is -1.83. The SMILES string of the molecule is CC[C@@H]1OC(=O)[C@H](C)C(=O)[C@H](C)[C@@H](O[C@@H]2O[C@H](C)C[C@H](N(C)C)[C@H]2O)[C@@]2(C)C[C@@H](C)C(=NC(C)=O)C[C@H](OC/C(=N/OCc3ccc(-n4ccc(C)n4)nc3)CO2)[C@]1(C)O. The van der Waals surface area contributed by atoms with Crippen LogP contribution < -0.4 is 0 Å². The number of pyridine rings is 1. The van der Waals surface area contributed by atoms with Crippen LogP contribution >= 0.6 is 0 Å². The predicted octanol–water partition coefficient (Wildman–Crippen LogP) is 3.77. The van der Waals surface area contributed by atoms with Gasteiger partial charge in [0.05, 0.1) is 42.8 Å². The third-order valence-corrected chi connectivity index (χ3v) is 12.0. The van der Waals surface area contributed by atoms with E-state index in [1.54, 1.807) is 31.6 Å². The van der Waals surface area contributed by atoms with Gasteiger partial charge < -0.3 is 43.6 Å². The number of aryl methyl sites for hydroxylation is 1. The number of hydrogen-bond acceptors (Lipinski definition) is 15. The van der Waals surface area contributed by atoms with Gasteiger partial charge >= 0.3 is 5.97 Å². The third-order valence-electron chi connectivity index (χ3n) is 12.0. The van der Waals surface area contributed by atoms with Gasteiger partial charge in [0.25, 0.3) is 0 Å². The molecule has 2 bridgehead atoms. The van der Waals surface area contributed by atoms with Gasteiger partial charge in [-0.25, -0.2) is 14.7 Å². The number of aromatic nitrogens is 3. The molecule has 0 aromatic carbocycles. The van der Waals surface area contributed by atoms with Gasteiger partial charge in [-0.1, -0.05) is 32.0 Å². The van der Waals surface area contributed by atoms with E-state index < -0.39 is 77.3 Å². The van der Waals surface area contributed by atoms with Gasteiger partial charge in [-0.15, -0.1) is 0 Å². The number of oxime groups is 1. The summed E-state index contributed by atoms with van der Waals surface area (Å²) in [6.07, 6.45) is -1.60. The molecule has 3 aliphatic rings. The Bertz CT molecular complexity index is 1860. The summed E-state index contributed by atoms with van der Waals surface area (Å²) in [5.41, 5.74) is -0.934. The lowest BCUT2D eigenvalue weighted by atomic mass is 9.76. The molecule has 0 unspecified atom stereocenters. The van der Waals surface area contributed by atoms with Crippen molar-refractivity contribution < 1.29 is 53.1 Å². The maximum atomic E-state index is 14.5. The topological polar surface area (TPSA) is 206 Å². The van der Waals surface area contributed by atoms with Crippen LogP contribution in [0.2, 0.25) is 0 Å². The Balaban J connectivity index is 1.60. The fraction of sp³-hybridized carbons (Fsp3) is 0.698. The standard InChI is InChI=1S/C43H64N6O11/c1-12-34-43(9,54)35-18-32(45-29(7)50)24(2)19-42(8,56-23-31(22-55-35)47-57-21-30-13-14-36(44-20-30)49-16-15-25(3)46-49)39(27(5)37(51)28(6)40(53)59-34)60-41-38(52)33(48(10)11)17-26(4)58-41/h13-16,20,24,26-28,33-35,38-39,41,52,54H,12,17-19,21-23H2,1-11H3/b45-32?,47-31-/t24-,26-,27+,28-,33+,34+,35+,38-,39-,41+,42-,43-/m1/s1. The Labute approximate surface area is 352 Å². The number of fused-ring (bicyclic) bond motifs is 5. The lowest BCUT2D eigenvalue weighted by Crippen LogP contribution is -2.59. The normalized spacial score (nSPS) is 36.4. The summed E-state index contributed by atoms with van der Waals surface area (Å²) < 4.78 is 33.9. The number of hydrogen-bond donors (Lipinski definition) is 2. The van der Waals surface area contributed by atoms with Crippen molar-refractivity contribution in [1.82, 2.24) is 19.7 Å². The summed E-state index contributed by atoms with van der Waals surface area (Å²) in [6, 6.07) is 5.23. The predicted molar refractivity (Wildman–Crippen MR) is 220 cm³/mol. The van der Waals surface area contributed by atoms with E-state index in [0.29, 0.717) is 23.7 Å². The van der Waals surface area contributed by atoms with Crippen LogP contribution in [0.15, 0.2) is 40.7 Å². The number of cyclic esters (lactones) is 1. The number of nitrogens with zero attached hydrogens (tertiary/aromatic N) is 6. The van der Waals surface area contributed by atoms with E-state index in [1.807, 2.05) is 64.2 Å². The van der Waals surface area contributed by atoms with Gasteiger partial charge in [0, 0.05) is 49.0 Å². The molecule has 3 fully saturated rings. The first-order valence-corrected chi connectivity index (χ1v) is 20.8. The average molecular weight is 841 g/mol. The van der Waals surface area contributed by atoms with Crippen molar-refractivity contribution in [1.29, 1.82) is 0 Å². The van der Waals surface area contributed by atoms with Crippen molar-refractivity contribution in [3.05, 3.63) is 41.9 Å². The number of ketones is 1. The number of Topliss-reactive ketones (excluding diaryl/α,β-unsaturated/α-hetero) is 1. The number of carbonyl (C=O) groups excluding carboxylic acids is 3. The van der Waals surface area contributed by atoms with Crippen molar-refractivity contribution in [2.45, 2.75) is 149 Å². The molecule has 332 valence electrons. The number of aliphatic imine (C=N–C) groups is 1. The number of amides is 1. The van der Waals surface area contributed by atoms with Gasteiger partial charge in [-0.3, -0.25) is 14.4 Å². The fourth-order valence-corrected chi connectivity index (χ4v) is 8.40. The second kappa shape index (κ2) is 19.8. The Hall–Kier alpha value is -3.97. The monoisotopic (exact) mass is 840 g/mol. The summed E-state index contributed by atoms with van der Waals surface area (Å²) in [4.78, 5) is 57.7. The molecule has 3 saturated heterocycles. The van der Waals surface area contributed by atoms with Crippen LogP contribution in [-0.4, -0.2) is 140 Å². The maximum Gasteiger partial charge on any atom is 0.316 e.